The molecule has 0 amide bonds. The van der Waals surface area contributed by atoms with Crippen molar-refractivity contribution in [3.8, 4) is 0 Å². The molecule has 4 fully saturated rings. The van der Waals surface area contributed by atoms with Crippen LogP contribution >= 0.6 is 0 Å². The Hall–Kier alpha value is -1.20. The average molecular weight is 245 g/mol. The summed E-state index contributed by atoms with van der Waals surface area (Å²) in [5.74, 6) is 2.23. The van der Waals surface area contributed by atoms with Gasteiger partial charge in [0.1, 0.15) is 11.6 Å². The molecule has 1 saturated carbocycles. The van der Waals surface area contributed by atoms with Crippen molar-refractivity contribution >= 4 is 5.82 Å². The van der Waals surface area contributed by atoms with Gasteiger partial charge in [-0.25, -0.2) is 9.97 Å². The summed E-state index contributed by atoms with van der Waals surface area (Å²) >= 11 is 0. The molecule has 5 rings (SSSR count). The molecule has 18 heavy (non-hydrogen) atoms. The molecule has 3 aliphatic heterocycles. The standard InChI is InChI=1S/C13H19N5/c14-12-7-10(9-1-2-9)15-13(16-12)11-8-17-3-5-18(11)6-4-17/h7,9,11H,1-6,8H2,(H2,14,15,16). The maximum atomic E-state index is 5.95. The summed E-state index contributed by atoms with van der Waals surface area (Å²) in [5, 5.41) is 0. The Morgan fingerprint density at radius 1 is 1.11 bits per heavy atom. The van der Waals surface area contributed by atoms with E-state index in [0.717, 1.165) is 31.2 Å². The van der Waals surface area contributed by atoms with Crippen molar-refractivity contribution in [1.29, 1.82) is 0 Å². The van der Waals surface area contributed by atoms with Gasteiger partial charge in [0, 0.05) is 50.4 Å². The molecule has 4 aliphatic rings. The molecule has 0 spiro atoms. The van der Waals surface area contributed by atoms with E-state index in [4.69, 9.17) is 10.7 Å². The Labute approximate surface area is 107 Å². The third-order valence-electron chi connectivity index (χ3n) is 4.36. The molecular weight excluding hydrogens is 226 g/mol. The molecule has 1 aromatic rings. The van der Waals surface area contributed by atoms with Crippen LogP contribution in [0, 0.1) is 0 Å². The Bertz CT molecular complexity index is 462. The van der Waals surface area contributed by atoms with E-state index in [0.29, 0.717) is 17.8 Å². The lowest BCUT2D eigenvalue weighted by Crippen LogP contribution is -2.57. The average Bonchev–Trinajstić information content (AvgIpc) is 3.23. The fourth-order valence-corrected chi connectivity index (χ4v) is 3.11. The minimum atomic E-state index is 0.355. The zero-order valence-corrected chi connectivity index (χ0v) is 10.5. The molecule has 0 radical (unpaired) electrons. The lowest BCUT2D eigenvalue weighted by atomic mass is 10.1. The maximum Gasteiger partial charge on any atom is 0.149 e. The van der Waals surface area contributed by atoms with Gasteiger partial charge in [0.15, 0.2) is 0 Å². The predicted molar refractivity (Wildman–Crippen MR) is 69.2 cm³/mol. The molecule has 1 aromatic heterocycles. The lowest BCUT2D eigenvalue weighted by Gasteiger charge is -2.46. The second-order valence-corrected chi connectivity index (χ2v) is 5.70. The van der Waals surface area contributed by atoms with Crippen molar-refractivity contribution in [2.45, 2.75) is 24.8 Å². The number of rotatable bonds is 2. The summed E-state index contributed by atoms with van der Waals surface area (Å²) in [5.41, 5.74) is 7.11. The summed E-state index contributed by atoms with van der Waals surface area (Å²) in [7, 11) is 0. The van der Waals surface area contributed by atoms with E-state index >= 15 is 0 Å². The van der Waals surface area contributed by atoms with E-state index in [1.165, 1.54) is 25.9 Å². The topological polar surface area (TPSA) is 58.3 Å². The van der Waals surface area contributed by atoms with Crippen LogP contribution in [0.1, 0.15) is 36.3 Å². The quantitative estimate of drug-likeness (QED) is 0.827. The first-order valence-electron chi connectivity index (χ1n) is 6.90. The summed E-state index contributed by atoms with van der Waals surface area (Å²) in [4.78, 5) is 14.3. The van der Waals surface area contributed by atoms with Crippen molar-refractivity contribution in [3.63, 3.8) is 0 Å². The van der Waals surface area contributed by atoms with E-state index in [1.807, 2.05) is 6.07 Å². The van der Waals surface area contributed by atoms with Gasteiger partial charge in [-0.05, 0) is 12.8 Å². The predicted octanol–water partition coefficient (Wildman–Crippen LogP) is 0.609. The van der Waals surface area contributed by atoms with Crippen LogP contribution in [0.2, 0.25) is 0 Å². The van der Waals surface area contributed by atoms with E-state index in [9.17, 15) is 0 Å². The molecule has 1 unspecified atom stereocenters. The highest BCUT2D eigenvalue weighted by atomic mass is 15.4. The number of hydrogen-bond donors (Lipinski definition) is 1. The summed E-state index contributed by atoms with van der Waals surface area (Å²) in [6.45, 7) is 5.72. The Kier molecular flexibility index (Phi) is 2.32. The third kappa shape index (κ3) is 1.78. The number of hydrogen-bond acceptors (Lipinski definition) is 5. The number of piperazine rings is 3. The zero-order chi connectivity index (χ0) is 12.1. The van der Waals surface area contributed by atoms with Crippen LogP contribution in [0.5, 0.6) is 0 Å². The van der Waals surface area contributed by atoms with Crippen molar-refractivity contribution in [3.05, 3.63) is 17.6 Å². The molecule has 0 aromatic carbocycles. The van der Waals surface area contributed by atoms with Gasteiger partial charge < -0.3 is 5.73 Å². The van der Waals surface area contributed by atoms with Crippen LogP contribution in [-0.4, -0.2) is 52.5 Å². The molecule has 2 bridgehead atoms. The zero-order valence-electron chi connectivity index (χ0n) is 10.5. The first kappa shape index (κ1) is 10.7. The molecule has 5 nitrogen and oxygen atoms in total. The molecule has 2 N–H and O–H groups in total. The minimum absolute atomic E-state index is 0.355. The fraction of sp³-hybridized carbons (Fsp3) is 0.692. The highest BCUT2D eigenvalue weighted by Gasteiger charge is 2.35. The van der Waals surface area contributed by atoms with Crippen molar-refractivity contribution in [2.75, 3.05) is 38.5 Å². The number of nitrogens with two attached hydrogens (primary N) is 1. The van der Waals surface area contributed by atoms with Gasteiger partial charge in [-0.1, -0.05) is 0 Å². The van der Waals surface area contributed by atoms with Crippen LogP contribution in [0.3, 0.4) is 0 Å². The van der Waals surface area contributed by atoms with E-state index in [-0.39, 0.29) is 0 Å². The van der Waals surface area contributed by atoms with Crippen LogP contribution in [0.25, 0.3) is 0 Å². The van der Waals surface area contributed by atoms with Crippen molar-refractivity contribution in [2.24, 2.45) is 0 Å². The van der Waals surface area contributed by atoms with Gasteiger partial charge in [0.25, 0.3) is 0 Å². The molecule has 4 heterocycles. The van der Waals surface area contributed by atoms with Gasteiger partial charge in [0.05, 0.1) is 6.04 Å². The van der Waals surface area contributed by atoms with E-state index in [1.54, 1.807) is 0 Å². The molecule has 5 heteroatoms. The second-order valence-electron chi connectivity index (χ2n) is 5.70. The van der Waals surface area contributed by atoms with Crippen molar-refractivity contribution in [1.82, 2.24) is 19.8 Å². The lowest BCUT2D eigenvalue weighted by molar-refractivity contribution is 0.00862. The monoisotopic (exact) mass is 245 g/mol. The first-order chi connectivity index (χ1) is 8.79. The molecule has 1 aliphatic carbocycles. The minimum Gasteiger partial charge on any atom is -0.384 e. The van der Waals surface area contributed by atoms with Crippen molar-refractivity contribution < 1.29 is 0 Å². The molecular formula is C13H19N5. The molecule has 96 valence electrons. The number of fused-ring (bicyclic) bond motifs is 3. The Balaban J connectivity index is 1.67. The van der Waals surface area contributed by atoms with E-state index < -0.39 is 0 Å². The van der Waals surface area contributed by atoms with Gasteiger partial charge >= 0.3 is 0 Å². The fourth-order valence-electron chi connectivity index (χ4n) is 3.11. The maximum absolute atomic E-state index is 5.95. The van der Waals surface area contributed by atoms with Gasteiger partial charge in [0.2, 0.25) is 0 Å². The largest absolute Gasteiger partial charge is 0.384 e. The SMILES string of the molecule is Nc1cc(C2CC2)nc(C2CN3CCN2CC3)n1. The molecule has 3 saturated heterocycles. The summed E-state index contributed by atoms with van der Waals surface area (Å²) in [6.07, 6.45) is 2.52. The Morgan fingerprint density at radius 3 is 2.50 bits per heavy atom. The highest BCUT2D eigenvalue weighted by Crippen LogP contribution is 2.40. The Morgan fingerprint density at radius 2 is 1.89 bits per heavy atom. The number of aromatic nitrogens is 2. The number of anilines is 1. The number of nitrogen functional groups attached to an aromatic ring is 1. The summed E-state index contributed by atoms with van der Waals surface area (Å²) < 4.78 is 0. The van der Waals surface area contributed by atoms with Crippen LogP contribution < -0.4 is 5.73 Å². The normalized spacial score (nSPS) is 34.8. The second kappa shape index (κ2) is 3.90. The smallest absolute Gasteiger partial charge is 0.149 e. The van der Waals surface area contributed by atoms with Gasteiger partial charge in [-0.3, -0.25) is 9.80 Å². The van der Waals surface area contributed by atoms with E-state index in [2.05, 4.69) is 14.8 Å². The highest BCUT2D eigenvalue weighted by molar-refractivity contribution is 5.33. The summed E-state index contributed by atoms with van der Waals surface area (Å²) in [6, 6.07) is 2.31. The number of nitrogens with zero attached hydrogens (tertiary/aromatic N) is 4. The van der Waals surface area contributed by atoms with Gasteiger partial charge in [-0.2, -0.15) is 0 Å². The van der Waals surface area contributed by atoms with Crippen LogP contribution in [-0.2, 0) is 0 Å². The van der Waals surface area contributed by atoms with Gasteiger partial charge in [-0.15, -0.1) is 0 Å². The first-order valence-corrected chi connectivity index (χ1v) is 6.90. The van der Waals surface area contributed by atoms with Crippen LogP contribution in [0.15, 0.2) is 6.07 Å². The van der Waals surface area contributed by atoms with Crippen LogP contribution in [0.4, 0.5) is 5.82 Å². The third-order valence-corrected chi connectivity index (χ3v) is 4.36. The molecule has 1 atom stereocenters.